The Morgan fingerprint density at radius 2 is 1.86 bits per heavy atom. The molecular weight excluding hydrogens is 196 g/mol. The third kappa shape index (κ3) is 1.90. The molecule has 0 aliphatic carbocycles. The molecule has 14 heavy (non-hydrogen) atoms. The molecule has 0 radical (unpaired) electrons. The minimum absolute atomic E-state index is 0.747. The van der Waals surface area contributed by atoms with Gasteiger partial charge in [-0.05, 0) is 25.5 Å². The predicted octanol–water partition coefficient (Wildman–Crippen LogP) is 3.86. The van der Waals surface area contributed by atoms with Crippen LogP contribution in [0.4, 0.5) is 0 Å². The lowest BCUT2D eigenvalue weighted by atomic mass is 10.2. The van der Waals surface area contributed by atoms with Gasteiger partial charge in [0.25, 0.3) is 0 Å². The average molecular weight is 211 g/mol. The fraction of sp³-hybridized carbons (Fsp3) is 0.364. The van der Waals surface area contributed by atoms with Gasteiger partial charge in [-0.1, -0.05) is 31.5 Å². The molecule has 0 atom stereocenters. The Kier molecular flexibility index (Phi) is 3.53. The van der Waals surface area contributed by atoms with Gasteiger partial charge in [-0.25, -0.2) is 4.98 Å². The molecule has 1 N–H and O–H groups in total. The van der Waals surface area contributed by atoms with E-state index in [-0.39, 0.29) is 0 Å². The van der Waals surface area contributed by atoms with Gasteiger partial charge in [-0.15, -0.1) is 0 Å². The van der Waals surface area contributed by atoms with Gasteiger partial charge in [0.05, 0.1) is 10.5 Å². The molecule has 0 aliphatic rings. The van der Waals surface area contributed by atoms with Crippen molar-refractivity contribution in [3.05, 3.63) is 28.5 Å². The van der Waals surface area contributed by atoms with E-state index in [9.17, 15) is 0 Å². The van der Waals surface area contributed by atoms with Crippen LogP contribution in [-0.2, 0) is 0 Å². The number of rotatable bonds is 0. The Hall–Kier alpha value is -1.02. The standard InChI is InChI=1S/C9H9ClN2.C2H6/c1-5-3-4-7-9(8(5)10)12-6(2)11-7;1-2/h3-4H,1-2H3,(H,11,12);1-2H3. The highest BCUT2D eigenvalue weighted by atomic mass is 35.5. The van der Waals surface area contributed by atoms with Gasteiger partial charge in [0.15, 0.2) is 0 Å². The molecule has 3 heteroatoms. The summed E-state index contributed by atoms with van der Waals surface area (Å²) >= 11 is 6.06. The smallest absolute Gasteiger partial charge is 0.107 e. The van der Waals surface area contributed by atoms with Crippen LogP contribution < -0.4 is 0 Å². The highest BCUT2D eigenvalue weighted by Gasteiger charge is 2.05. The second-order valence-corrected chi connectivity index (χ2v) is 3.29. The number of aryl methyl sites for hydroxylation is 2. The predicted molar refractivity (Wildman–Crippen MR) is 61.9 cm³/mol. The van der Waals surface area contributed by atoms with Crippen molar-refractivity contribution in [2.45, 2.75) is 27.7 Å². The van der Waals surface area contributed by atoms with E-state index in [1.807, 2.05) is 39.8 Å². The minimum Gasteiger partial charge on any atom is -0.342 e. The zero-order valence-corrected chi connectivity index (χ0v) is 9.74. The molecule has 76 valence electrons. The van der Waals surface area contributed by atoms with E-state index in [0.717, 1.165) is 27.4 Å². The summed E-state index contributed by atoms with van der Waals surface area (Å²) in [7, 11) is 0. The Labute approximate surface area is 89.3 Å². The quantitative estimate of drug-likeness (QED) is 0.703. The van der Waals surface area contributed by atoms with Gasteiger partial charge in [0, 0.05) is 0 Å². The van der Waals surface area contributed by atoms with E-state index in [4.69, 9.17) is 11.6 Å². The average Bonchev–Trinajstić information content (AvgIpc) is 2.57. The molecule has 2 rings (SSSR count). The molecule has 0 saturated carbocycles. The molecule has 0 aliphatic heterocycles. The van der Waals surface area contributed by atoms with Gasteiger partial charge in [0.2, 0.25) is 0 Å². The summed E-state index contributed by atoms with van der Waals surface area (Å²) in [5, 5.41) is 0.747. The van der Waals surface area contributed by atoms with Crippen LogP contribution in [0.25, 0.3) is 11.0 Å². The Balaban J connectivity index is 0.000000461. The van der Waals surface area contributed by atoms with Crippen LogP contribution in [0, 0.1) is 13.8 Å². The molecule has 0 spiro atoms. The maximum Gasteiger partial charge on any atom is 0.107 e. The fourth-order valence-electron chi connectivity index (χ4n) is 1.27. The molecule has 1 aromatic carbocycles. The van der Waals surface area contributed by atoms with E-state index < -0.39 is 0 Å². The van der Waals surface area contributed by atoms with Crippen LogP contribution in [0.2, 0.25) is 5.02 Å². The van der Waals surface area contributed by atoms with E-state index in [1.165, 1.54) is 0 Å². The van der Waals surface area contributed by atoms with Crippen molar-refractivity contribution in [2.75, 3.05) is 0 Å². The number of imidazole rings is 1. The highest BCUT2D eigenvalue weighted by Crippen LogP contribution is 2.24. The lowest BCUT2D eigenvalue weighted by molar-refractivity contribution is 1.17. The van der Waals surface area contributed by atoms with E-state index in [2.05, 4.69) is 9.97 Å². The molecule has 0 fully saturated rings. The van der Waals surface area contributed by atoms with E-state index in [0.29, 0.717) is 0 Å². The summed E-state index contributed by atoms with van der Waals surface area (Å²) in [5.74, 6) is 0.900. The van der Waals surface area contributed by atoms with Crippen LogP contribution in [0.15, 0.2) is 12.1 Å². The number of H-pyrrole nitrogens is 1. The van der Waals surface area contributed by atoms with Crippen LogP contribution in [0.5, 0.6) is 0 Å². The third-order valence-electron chi connectivity index (χ3n) is 1.90. The number of halogens is 1. The highest BCUT2D eigenvalue weighted by molar-refractivity contribution is 6.35. The van der Waals surface area contributed by atoms with Crippen molar-refractivity contribution in [2.24, 2.45) is 0 Å². The second-order valence-electron chi connectivity index (χ2n) is 2.91. The molecule has 0 amide bonds. The number of nitrogens with zero attached hydrogens (tertiary/aromatic N) is 1. The van der Waals surface area contributed by atoms with Crippen molar-refractivity contribution in [3.8, 4) is 0 Å². The van der Waals surface area contributed by atoms with E-state index >= 15 is 0 Å². The number of aromatic nitrogens is 2. The van der Waals surface area contributed by atoms with Crippen molar-refractivity contribution in [3.63, 3.8) is 0 Å². The van der Waals surface area contributed by atoms with E-state index in [1.54, 1.807) is 0 Å². The Morgan fingerprint density at radius 1 is 1.21 bits per heavy atom. The van der Waals surface area contributed by atoms with Gasteiger partial charge in [0.1, 0.15) is 11.3 Å². The molecule has 0 bridgehead atoms. The molecule has 2 nitrogen and oxygen atoms in total. The first-order valence-electron chi connectivity index (χ1n) is 4.80. The number of hydrogen-bond acceptors (Lipinski definition) is 1. The first-order valence-corrected chi connectivity index (χ1v) is 5.17. The second kappa shape index (κ2) is 4.47. The Bertz CT molecular complexity index is 432. The summed E-state index contributed by atoms with van der Waals surface area (Å²) in [6.07, 6.45) is 0. The number of hydrogen-bond donors (Lipinski definition) is 1. The number of benzene rings is 1. The summed E-state index contributed by atoms with van der Waals surface area (Å²) < 4.78 is 0. The van der Waals surface area contributed by atoms with Crippen molar-refractivity contribution < 1.29 is 0 Å². The zero-order valence-electron chi connectivity index (χ0n) is 8.98. The lowest BCUT2D eigenvalue weighted by Crippen LogP contribution is -1.76. The van der Waals surface area contributed by atoms with Gasteiger partial charge in [-0.2, -0.15) is 0 Å². The van der Waals surface area contributed by atoms with Crippen LogP contribution in [-0.4, -0.2) is 9.97 Å². The molecule has 0 unspecified atom stereocenters. The van der Waals surface area contributed by atoms with Crippen molar-refractivity contribution >= 4 is 22.6 Å². The molecule has 2 aromatic rings. The summed E-state index contributed by atoms with van der Waals surface area (Å²) in [6.45, 7) is 7.90. The maximum absolute atomic E-state index is 6.06. The largest absolute Gasteiger partial charge is 0.342 e. The van der Waals surface area contributed by atoms with Crippen LogP contribution >= 0.6 is 11.6 Å². The van der Waals surface area contributed by atoms with Crippen molar-refractivity contribution in [1.29, 1.82) is 0 Å². The third-order valence-corrected chi connectivity index (χ3v) is 2.38. The first-order chi connectivity index (χ1) is 6.68. The zero-order chi connectivity index (χ0) is 10.7. The monoisotopic (exact) mass is 210 g/mol. The number of fused-ring (bicyclic) bond motifs is 1. The molecule has 1 aromatic heterocycles. The lowest BCUT2D eigenvalue weighted by Gasteiger charge is -1.95. The minimum atomic E-state index is 0.747. The van der Waals surface area contributed by atoms with Crippen LogP contribution in [0.1, 0.15) is 25.2 Å². The fourth-order valence-corrected chi connectivity index (χ4v) is 1.47. The summed E-state index contributed by atoms with van der Waals surface area (Å²) in [6, 6.07) is 3.98. The van der Waals surface area contributed by atoms with Crippen LogP contribution in [0.3, 0.4) is 0 Å². The summed E-state index contributed by atoms with van der Waals surface area (Å²) in [4.78, 5) is 7.42. The molecule has 0 saturated heterocycles. The van der Waals surface area contributed by atoms with Gasteiger partial charge in [-0.3, -0.25) is 0 Å². The molecular formula is C11H15ClN2. The van der Waals surface area contributed by atoms with Gasteiger partial charge >= 0.3 is 0 Å². The van der Waals surface area contributed by atoms with Gasteiger partial charge < -0.3 is 4.98 Å². The normalized spacial score (nSPS) is 9.79. The first kappa shape index (κ1) is 11.1. The summed E-state index contributed by atoms with van der Waals surface area (Å²) in [5.41, 5.74) is 2.94. The molecule has 1 heterocycles. The Morgan fingerprint density at radius 3 is 2.50 bits per heavy atom. The SMILES string of the molecule is CC.Cc1nc2c(Cl)c(C)ccc2[nH]1. The van der Waals surface area contributed by atoms with Crippen molar-refractivity contribution in [1.82, 2.24) is 9.97 Å². The topological polar surface area (TPSA) is 28.7 Å². The maximum atomic E-state index is 6.06. The number of aromatic amines is 1. The number of nitrogens with one attached hydrogen (secondary N) is 1.